The molecule has 0 aliphatic carbocycles. The number of nitrogens with zero attached hydrogens (tertiary/aromatic N) is 3. The Morgan fingerprint density at radius 1 is 1.19 bits per heavy atom. The smallest absolute Gasteiger partial charge is 0.295 e. The third-order valence-corrected chi connectivity index (χ3v) is 6.04. The highest BCUT2D eigenvalue weighted by Crippen LogP contribution is 2.40. The van der Waals surface area contributed by atoms with Gasteiger partial charge in [0, 0.05) is 44.1 Å². The van der Waals surface area contributed by atoms with E-state index in [1.807, 2.05) is 0 Å². The third-order valence-electron chi connectivity index (χ3n) is 5.75. The van der Waals surface area contributed by atoms with Gasteiger partial charge in [-0.1, -0.05) is 11.6 Å². The molecule has 2 aromatic rings. The molecule has 2 fully saturated rings. The second kappa shape index (κ2) is 9.68. The van der Waals surface area contributed by atoms with Crippen molar-refractivity contribution in [1.29, 1.82) is 0 Å². The van der Waals surface area contributed by atoms with E-state index in [0.29, 0.717) is 48.2 Å². The molecule has 3 heterocycles. The Labute approximate surface area is 191 Å². The first-order valence-corrected chi connectivity index (χ1v) is 10.7. The Hall–Kier alpha value is -2.94. The Morgan fingerprint density at radius 3 is 2.56 bits per heavy atom. The predicted molar refractivity (Wildman–Crippen MR) is 119 cm³/mol. The van der Waals surface area contributed by atoms with Gasteiger partial charge in [-0.05, 0) is 35.9 Å². The van der Waals surface area contributed by atoms with E-state index < -0.39 is 17.7 Å². The number of carbonyl (C=O) groups excluding carboxylic acids is 2. The number of benzene rings is 1. The summed E-state index contributed by atoms with van der Waals surface area (Å²) < 4.78 is 10.5. The first kappa shape index (κ1) is 22.3. The van der Waals surface area contributed by atoms with E-state index in [1.54, 1.807) is 36.7 Å². The van der Waals surface area contributed by atoms with E-state index in [4.69, 9.17) is 21.1 Å². The number of methoxy groups -OCH3 is 1. The van der Waals surface area contributed by atoms with E-state index in [1.165, 1.54) is 18.1 Å². The molecular formula is C23H24ClN3O5. The number of aliphatic hydroxyl groups excluding tert-OH is 1. The maximum Gasteiger partial charge on any atom is 0.295 e. The standard InChI is InChI=1S/C23H24ClN3O5/c1-31-18-3-2-16(14-17(18)24)21(28)19-20(15-4-6-25-7-5-15)27(23(30)22(19)29)9-8-26-10-12-32-13-11-26/h2-7,14,20,28H,8-13H2,1H3/b21-19+/t20-/m1/s1. The second-order valence-corrected chi connectivity index (χ2v) is 7.98. The number of ketones is 1. The summed E-state index contributed by atoms with van der Waals surface area (Å²) in [4.78, 5) is 33.8. The highest BCUT2D eigenvalue weighted by atomic mass is 35.5. The van der Waals surface area contributed by atoms with E-state index >= 15 is 0 Å². The lowest BCUT2D eigenvalue weighted by Gasteiger charge is -2.31. The number of aromatic nitrogens is 1. The molecule has 1 aromatic heterocycles. The van der Waals surface area contributed by atoms with Gasteiger partial charge >= 0.3 is 0 Å². The van der Waals surface area contributed by atoms with Gasteiger partial charge in [-0.2, -0.15) is 0 Å². The van der Waals surface area contributed by atoms with Crippen molar-refractivity contribution < 1.29 is 24.2 Å². The molecule has 0 bridgehead atoms. The summed E-state index contributed by atoms with van der Waals surface area (Å²) in [7, 11) is 1.49. The molecule has 0 unspecified atom stereocenters. The fraction of sp³-hybridized carbons (Fsp3) is 0.348. The lowest BCUT2D eigenvalue weighted by Crippen LogP contribution is -2.42. The van der Waals surface area contributed by atoms with Gasteiger partial charge < -0.3 is 19.5 Å². The SMILES string of the molecule is COc1ccc(/C(O)=C2\C(=O)C(=O)N(CCN3CCOCC3)[C@@H]2c2ccncc2)cc1Cl. The molecule has 1 aromatic carbocycles. The summed E-state index contributed by atoms with van der Waals surface area (Å²) >= 11 is 6.22. The van der Waals surface area contributed by atoms with Crippen LogP contribution in [0.4, 0.5) is 0 Å². The molecule has 0 radical (unpaired) electrons. The molecule has 1 atom stereocenters. The normalized spacial score (nSPS) is 21.2. The molecule has 0 saturated carbocycles. The lowest BCUT2D eigenvalue weighted by atomic mass is 9.96. The summed E-state index contributed by atoms with van der Waals surface area (Å²) in [6.07, 6.45) is 3.20. The highest BCUT2D eigenvalue weighted by molar-refractivity contribution is 6.46. The monoisotopic (exact) mass is 457 g/mol. The molecule has 4 rings (SSSR count). The maximum absolute atomic E-state index is 13.1. The molecular weight excluding hydrogens is 434 g/mol. The first-order chi connectivity index (χ1) is 15.5. The number of ether oxygens (including phenoxy) is 2. The van der Waals surface area contributed by atoms with Crippen LogP contribution in [0.3, 0.4) is 0 Å². The quantitative estimate of drug-likeness (QED) is 0.404. The van der Waals surface area contributed by atoms with Gasteiger partial charge in [0.1, 0.15) is 11.5 Å². The summed E-state index contributed by atoms with van der Waals surface area (Å²) in [6, 6.07) is 7.48. The van der Waals surface area contributed by atoms with Crippen molar-refractivity contribution >= 4 is 29.1 Å². The van der Waals surface area contributed by atoms with Crippen LogP contribution < -0.4 is 4.74 Å². The van der Waals surface area contributed by atoms with Gasteiger partial charge in [0.2, 0.25) is 0 Å². The Morgan fingerprint density at radius 2 is 1.91 bits per heavy atom. The number of hydrogen-bond donors (Lipinski definition) is 1. The number of amides is 1. The second-order valence-electron chi connectivity index (χ2n) is 7.58. The number of carbonyl (C=O) groups is 2. The number of halogens is 1. The predicted octanol–water partition coefficient (Wildman–Crippen LogP) is 2.50. The number of aliphatic hydroxyl groups is 1. The van der Waals surface area contributed by atoms with Crippen LogP contribution in [0.25, 0.3) is 5.76 Å². The minimum Gasteiger partial charge on any atom is -0.507 e. The minimum atomic E-state index is -0.724. The van der Waals surface area contributed by atoms with Crippen molar-refractivity contribution in [3.8, 4) is 5.75 Å². The molecule has 1 N–H and O–H groups in total. The molecule has 2 saturated heterocycles. The molecule has 2 aliphatic heterocycles. The van der Waals surface area contributed by atoms with Crippen molar-refractivity contribution in [2.24, 2.45) is 0 Å². The lowest BCUT2D eigenvalue weighted by molar-refractivity contribution is -0.140. The zero-order valence-electron chi connectivity index (χ0n) is 17.7. The van der Waals surface area contributed by atoms with Crippen LogP contribution in [-0.4, -0.2) is 78.1 Å². The maximum atomic E-state index is 13.1. The number of morpholine rings is 1. The van der Waals surface area contributed by atoms with Gasteiger partial charge in [-0.15, -0.1) is 0 Å². The van der Waals surface area contributed by atoms with Crippen LogP contribution in [0.5, 0.6) is 5.75 Å². The topological polar surface area (TPSA) is 92.2 Å². The van der Waals surface area contributed by atoms with Crippen LogP contribution in [0.1, 0.15) is 17.2 Å². The zero-order chi connectivity index (χ0) is 22.7. The van der Waals surface area contributed by atoms with E-state index in [-0.39, 0.29) is 11.3 Å². The van der Waals surface area contributed by atoms with Crippen LogP contribution >= 0.6 is 11.6 Å². The van der Waals surface area contributed by atoms with Crippen molar-refractivity contribution in [3.05, 3.63) is 64.4 Å². The Balaban J connectivity index is 1.72. The fourth-order valence-electron chi connectivity index (χ4n) is 4.05. The molecule has 9 heteroatoms. The van der Waals surface area contributed by atoms with Gasteiger partial charge in [0.25, 0.3) is 11.7 Å². The van der Waals surface area contributed by atoms with Crippen molar-refractivity contribution in [1.82, 2.24) is 14.8 Å². The zero-order valence-corrected chi connectivity index (χ0v) is 18.4. The molecule has 1 amide bonds. The largest absolute Gasteiger partial charge is 0.507 e. The number of Topliss-reactive ketones (excluding diaryl/α,β-unsaturated/α-hetero) is 1. The van der Waals surface area contributed by atoms with Gasteiger partial charge in [-0.3, -0.25) is 19.5 Å². The van der Waals surface area contributed by atoms with Crippen LogP contribution in [0.2, 0.25) is 5.02 Å². The number of hydrogen-bond acceptors (Lipinski definition) is 7. The molecule has 32 heavy (non-hydrogen) atoms. The highest BCUT2D eigenvalue weighted by Gasteiger charge is 2.46. The van der Waals surface area contributed by atoms with E-state index in [9.17, 15) is 14.7 Å². The molecule has 0 spiro atoms. The first-order valence-electron chi connectivity index (χ1n) is 10.3. The van der Waals surface area contributed by atoms with E-state index in [0.717, 1.165) is 13.1 Å². The van der Waals surface area contributed by atoms with Crippen LogP contribution in [0, 0.1) is 0 Å². The van der Waals surface area contributed by atoms with Gasteiger partial charge in [0.05, 0.1) is 37.0 Å². The Bertz CT molecular complexity index is 1040. The van der Waals surface area contributed by atoms with Crippen LogP contribution in [-0.2, 0) is 14.3 Å². The number of rotatable bonds is 6. The van der Waals surface area contributed by atoms with Crippen molar-refractivity contribution in [3.63, 3.8) is 0 Å². The number of likely N-dealkylation sites (tertiary alicyclic amines) is 1. The van der Waals surface area contributed by atoms with Gasteiger partial charge in [-0.25, -0.2) is 0 Å². The molecule has 2 aliphatic rings. The Kier molecular flexibility index (Phi) is 6.74. The fourth-order valence-corrected chi connectivity index (χ4v) is 4.30. The summed E-state index contributed by atoms with van der Waals surface area (Å²) in [5.41, 5.74) is 1.06. The van der Waals surface area contributed by atoms with Crippen molar-refractivity contribution in [2.75, 3.05) is 46.5 Å². The minimum absolute atomic E-state index is 0.0319. The van der Waals surface area contributed by atoms with Crippen LogP contribution in [0.15, 0.2) is 48.3 Å². The third kappa shape index (κ3) is 4.34. The summed E-state index contributed by atoms with van der Waals surface area (Å²) in [5, 5.41) is 11.4. The summed E-state index contributed by atoms with van der Waals surface area (Å²) in [6.45, 7) is 3.78. The number of pyridine rings is 1. The molecule has 168 valence electrons. The average molecular weight is 458 g/mol. The summed E-state index contributed by atoms with van der Waals surface area (Å²) in [5.74, 6) is -1.19. The van der Waals surface area contributed by atoms with Crippen molar-refractivity contribution in [2.45, 2.75) is 6.04 Å². The average Bonchev–Trinajstić information content (AvgIpc) is 3.08. The van der Waals surface area contributed by atoms with E-state index in [2.05, 4.69) is 9.88 Å². The van der Waals surface area contributed by atoms with Gasteiger partial charge in [0.15, 0.2) is 0 Å². The molecule has 8 nitrogen and oxygen atoms in total.